The number of aliphatic hydroxyl groups is 1. The zero-order valence-electron chi connectivity index (χ0n) is 24.1. The van der Waals surface area contributed by atoms with E-state index in [0.717, 1.165) is 63.9 Å². The van der Waals surface area contributed by atoms with Crippen LogP contribution in [0.4, 0.5) is 8.78 Å². The second-order valence-corrected chi connectivity index (χ2v) is 11.6. The first-order chi connectivity index (χ1) is 20.8. The molecule has 0 spiro atoms. The van der Waals surface area contributed by atoms with Gasteiger partial charge in [0, 0.05) is 62.3 Å². The Bertz CT molecular complexity index is 1170. The van der Waals surface area contributed by atoms with Crippen molar-refractivity contribution in [2.45, 2.75) is 29.3 Å². The number of piperazine rings is 1. The van der Waals surface area contributed by atoms with Crippen LogP contribution >= 0.6 is 23.5 Å². The standard InChI is InChI=1S/C27H34ClF2N5O5S.CH4O/c1-33-8-10-34(11-9-33)12-13-39-16-20-6-7-27(17-31-18-36,26(37)32-38)35(20)41-22-14-23(29)25(24(30)15-22)40-21-4-2-19(28)3-5-21;1-2/h2-5,14-15,18,20,38H,6-13,16-17H2,1H3,(H,31,36)(H,32,37);2H,1H3. The SMILES string of the molecule is CN1CCN(CCOCC2CCC(CNC=O)(C(=O)NO)N2Sc2cc(F)c(Oc3ccc(Cl)cc3)c(F)c2)CC1.CO. The van der Waals surface area contributed by atoms with Crippen molar-refractivity contribution < 1.29 is 38.2 Å². The molecule has 2 atom stereocenters. The number of aliphatic hydroxyl groups excluding tert-OH is 1. The van der Waals surface area contributed by atoms with Crippen LogP contribution in [0.15, 0.2) is 41.3 Å². The molecule has 43 heavy (non-hydrogen) atoms. The maximum atomic E-state index is 15.1. The average molecular weight is 646 g/mol. The van der Waals surface area contributed by atoms with Crippen LogP contribution in [0.25, 0.3) is 0 Å². The smallest absolute Gasteiger partial charge is 0.266 e. The molecule has 2 aliphatic heterocycles. The summed E-state index contributed by atoms with van der Waals surface area (Å²) in [5.41, 5.74) is 0.299. The van der Waals surface area contributed by atoms with Crippen LogP contribution in [0.5, 0.6) is 11.5 Å². The fraction of sp³-hybridized carbons (Fsp3) is 0.500. The Labute approximate surface area is 259 Å². The molecule has 2 amide bonds. The van der Waals surface area contributed by atoms with Crippen LogP contribution in [-0.4, -0.2) is 115 Å². The molecule has 2 aromatic carbocycles. The van der Waals surface area contributed by atoms with Crippen molar-refractivity contribution in [3.05, 3.63) is 53.1 Å². The molecule has 4 rings (SSSR count). The third-order valence-electron chi connectivity index (χ3n) is 7.31. The first-order valence-electron chi connectivity index (χ1n) is 13.7. The van der Waals surface area contributed by atoms with Gasteiger partial charge in [-0.05, 0) is 68.2 Å². The molecule has 15 heteroatoms. The second-order valence-electron chi connectivity index (χ2n) is 10.1. The second kappa shape index (κ2) is 17.1. The summed E-state index contributed by atoms with van der Waals surface area (Å²) in [5.74, 6) is -3.00. The van der Waals surface area contributed by atoms with Gasteiger partial charge in [0.2, 0.25) is 6.41 Å². The zero-order valence-corrected chi connectivity index (χ0v) is 25.7. The molecule has 4 N–H and O–H groups in total. The molecule has 2 saturated heterocycles. The van der Waals surface area contributed by atoms with Crippen molar-refractivity contribution in [3.63, 3.8) is 0 Å². The van der Waals surface area contributed by atoms with E-state index < -0.39 is 28.8 Å². The highest BCUT2D eigenvalue weighted by molar-refractivity contribution is 7.97. The molecule has 0 aromatic heterocycles. The topological polar surface area (TPSA) is 127 Å². The first kappa shape index (κ1) is 34.9. The molecule has 2 unspecified atom stereocenters. The minimum atomic E-state index is -1.39. The average Bonchev–Trinajstić information content (AvgIpc) is 3.36. The number of rotatable bonds is 13. The number of hydrogen-bond acceptors (Lipinski definition) is 10. The van der Waals surface area contributed by atoms with Crippen LogP contribution in [0, 0.1) is 11.6 Å². The molecule has 2 aliphatic rings. The highest BCUT2D eigenvalue weighted by Gasteiger charge is 2.52. The molecule has 2 aromatic rings. The fourth-order valence-electron chi connectivity index (χ4n) is 4.98. The van der Waals surface area contributed by atoms with E-state index in [1.807, 2.05) is 0 Å². The Morgan fingerprint density at radius 2 is 1.81 bits per heavy atom. The monoisotopic (exact) mass is 645 g/mol. The van der Waals surface area contributed by atoms with E-state index in [-0.39, 0.29) is 36.3 Å². The molecular formula is C28H38ClF2N5O6S. The maximum absolute atomic E-state index is 15.1. The Morgan fingerprint density at radius 1 is 1.16 bits per heavy atom. The van der Waals surface area contributed by atoms with Gasteiger partial charge in [-0.1, -0.05) is 11.6 Å². The Morgan fingerprint density at radius 3 is 2.42 bits per heavy atom. The van der Waals surface area contributed by atoms with Gasteiger partial charge in [-0.25, -0.2) is 18.6 Å². The normalized spacial score (nSPS) is 21.1. The summed E-state index contributed by atoms with van der Waals surface area (Å²) in [5, 5.41) is 19.5. The fourth-order valence-corrected chi connectivity index (χ4v) is 6.37. The van der Waals surface area contributed by atoms with Crippen molar-refractivity contribution >= 4 is 35.9 Å². The number of hydroxylamine groups is 1. The predicted octanol–water partition coefficient (Wildman–Crippen LogP) is 2.74. The first-order valence-corrected chi connectivity index (χ1v) is 14.9. The lowest BCUT2D eigenvalue weighted by molar-refractivity contribution is -0.138. The van der Waals surface area contributed by atoms with E-state index in [4.69, 9.17) is 26.2 Å². The molecule has 2 fully saturated rings. The summed E-state index contributed by atoms with van der Waals surface area (Å²) in [6.45, 7) is 5.24. The number of nitrogens with zero attached hydrogens (tertiary/aromatic N) is 3. The number of carbonyl (C=O) groups is 2. The van der Waals surface area contributed by atoms with Crippen molar-refractivity contribution in [2.75, 3.05) is 66.6 Å². The Kier molecular flexibility index (Phi) is 13.9. The van der Waals surface area contributed by atoms with E-state index in [2.05, 4.69) is 22.2 Å². The highest BCUT2D eigenvalue weighted by Crippen LogP contribution is 2.44. The molecule has 2 heterocycles. The number of ether oxygens (including phenoxy) is 2. The molecular weight excluding hydrogens is 608 g/mol. The zero-order chi connectivity index (χ0) is 31.4. The summed E-state index contributed by atoms with van der Waals surface area (Å²) >= 11 is 6.82. The van der Waals surface area contributed by atoms with Gasteiger partial charge in [0.25, 0.3) is 5.91 Å². The van der Waals surface area contributed by atoms with E-state index >= 15 is 8.78 Å². The van der Waals surface area contributed by atoms with Gasteiger partial charge in [-0.2, -0.15) is 0 Å². The van der Waals surface area contributed by atoms with Crippen LogP contribution < -0.4 is 15.5 Å². The van der Waals surface area contributed by atoms with Crippen LogP contribution in [0.3, 0.4) is 0 Å². The lowest BCUT2D eigenvalue weighted by atomic mass is 9.96. The van der Waals surface area contributed by atoms with Crippen molar-refractivity contribution in [1.82, 2.24) is 24.9 Å². The summed E-state index contributed by atoms with van der Waals surface area (Å²) in [6.07, 6.45) is 1.21. The molecule has 238 valence electrons. The van der Waals surface area contributed by atoms with Gasteiger partial charge in [0.1, 0.15) is 11.3 Å². The van der Waals surface area contributed by atoms with Crippen LogP contribution in [0.2, 0.25) is 5.02 Å². The van der Waals surface area contributed by atoms with Gasteiger partial charge in [-0.3, -0.25) is 19.7 Å². The van der Waals surface area contributed by atoms with Crippen LogP contribution in [0.1, 0.15) is 12.8 Å². The van der Waals surface area contributed by atoms with Gasteiger partial charge in [0.05, 0.1) is 13.2 Å². The molecule has 0 aliphatic carbocycles. The van der Waals surface area contributed by atoms with E-state index in [9.17, 15) is 14.8 Å². The largest absolute Gasteiger partial charge is 0.451 e. The minimum absolute atomic E-state index is 0.129. The number of carbonyl (C=O) groups excluding carboxylic acids is 2. The predicted molar refractivity (Wildman–Crippen MR) is 158 cm³/mol. The molecule has 0 saturated carbocycles. The maximum Gasteiger partial charge on any atom is 0.266 e. The van der Waals surface area contributed by atoms with Gasteiger partial charge in [0.15, 0.2) is 17.4 Å². The summed E-state index contributed by atoms with van der Waals surface area (Å²) < 4.78 is 43.2. The summed E-state index contributed by atoms with van der Waals surface area (Å²) in [4.78, 5) is 28.9. The van der Waals surface area contributed by atoms with Gasteiger partial charge in [-0.15, -0.1) is 0 Å². The van der Waals surface area contributed by atoms with Crippen molar-refractivity contribution in [1.29, 1.82) is 0 Å². The van der Waals surface area contributed by atoms with Gasteiger partial charge < -0.3 is 24.8 Å². The number of benzene rings is 2. The van der Waals surface area contributed by atoms with E-state index in [1.54, 1.807) is 9.79 Å². The summed E-state index contributed by atoms with van der Waals surface area (Å²) in [6, 6.07) is 7.92. The number of amides is 2. The molecule has 0 bridgehead atoms. The number of nitrogens with one attached hydrogen (secondary N) is 2. The summed E-state index contributed by atoms with van der Waals surface area (Å²) in [7, 11) is 3.09. The lowest BCUT2D eigenvalue weighted by Gasteiger charge is -2.38. The lowest BCUT2D eigenvalue weighted by Crippen LogP contribution is -2.59. The van der Waals surface area contributed by atoms with Gasteiger partial charge >= 0.3 is 0 Å². The molecule has 11 nitrogen and oxygen atoms in total. The van der Waals surface area contributed by atoms with Crippen molar-refractivity contribution in [2.24, 2.45) is 0 Å². The van der Waals surface area contributed by atoms with E-state index in [0.29, 0.717) is 24.5 Å². The quantitative estimate of drug-likeness (QED) is 0.0849. The molecule has 0 radical (unpaired) electrons. The third kappa shape index (κ3) is 9.22. The van der Waals surface area contributed by atoms with Crippen LogP contribution in [-0.2, 0) is 14.3 Å². The van der Waals surface area contributed by atoms with Crippen molar-refractivity contribution in [3.8, 4) is 11.5 Å². The number of likely N-dealkylation sites (N-methyl/N-ethyl adjacent to an activating group) is 1. The van der Waals surface area contributed by atoms with E-state index in [1.165, 1.54) is 24.3 Å². The third-order valence-corrected chi connectivity index (χ3v) is 8.86. The Balaban J connectivity index is 0.00000248. The Hall–Kier alpha value is -2.56. The number of halogens is 3. The minimum Gasteiger partial charge on any atom is -0.451 e. The highest BCUT2D eigenvalue weighted by atomic mass is 35.5. The number of hydrogen-bond donors (Lipinski definition) is 4.